The zero-order valence-electron chi connectivity index (χ0n) is 9.00. The van der Waals surface area contributed by atoms with Crippen LogP contribution < -0.4 is 16.2 Å². The number of aliphatic hydroxyl groups excluding tert-OH is 2. The highest BCUT2D eigenvalue weighted by atomic mass is 32.2. The lowest BCUT2D eigenvalue weighted by atomic mass is 10.2. The van der Waals surface area contributed by atoms with E-state index in [1.165, 1.54) is 18.2 Å². The predicted octanol–water partition coefficient (Wildman–Crippen LogP) is -1.32. The number of rotatable bonds is 5. The van der Waals surface area contributed by atoms with Crippen LogP contribution in [0.5, 0.6) is 0 Å². The molecule has 0 aliphatic carbocycles. The Bertz CT molecular complexity index is 489. The van der Waals surface area contributed by atoms with E-state index in [4.69, 9.17) is 21.1 Å². The Morgan fingerprint density at radius 1 is 1.35 bits per heavy atom. The fourth-order valence-corrected chi connectivity index (χ4v) is 1.78. The van der Waals surface area contributed by atoms with E-state index in [0.717, 1.165) is 0 Å². The van der Waals surface area contributed by atoms with Gasteiger partial charge in [0, 0.05) is 17.9 Å². The molecule has 0 aromatic heterocycles. The third-order valence-electron chi connectivity index (χ3n) is 2.01. The SMILES string of the molecule is Nc1cc(NCC(O)CO)cc(S(N)(=O)=O)c1. The molecule has 0 fully saturated rings. The molecule has 7 N–H and O–H groups in total. The lowest BCUT2D eigenvalue weighted by molar-refractivity contribution is 0.105. The van der Waals surface area contributed by atoms with E-state index in [9.17, 15) is 8.42 Å². The molecule has 0 aliphatic heterocycles. The number of benzene rings is 1. The first-order valence-electron chi connectivity index (χ1n) is 4.79. The van der Waals surface area contributed by atoms with Crippen LogP contribution in [0.2, 0.25) is 0 Å². The van der Waals surface area contributed by atoms with Crippen molar-refractivity contribution in [1.29, 1.82) is 0 Å². The maximum absolute atomic E-state index is 11.1. The van der Waals surface area contributed by atoms with E-state index in [0.29, 0.717) is 5.69 Å². The highest BCUT2D eigenvalue weighted by molar-refractivity contribution is 7.89. The van der Waals surface area contributed by atoms with Gasteiger partial charge in [-0.05, 0) is 18.2 Å². The normalized spacial score (nSPS) is 13.4. The Morgan fingerprint density at radius 2 is 2.00 bits per heavy atom. The molecular weight excluding hydrogens is 246 g/mol. The van der Waals surface area contributed by atoms with Gasteiger partial charge in [0.2, 0.25) is 10.0 Å². The summed E-state index contributed by atoms with van der Waals surface area (Å²) in [6, 6.07) is 4.04. The molecule has 0 aliphatic rings. The summed E-state index contributed by atoms with van der Waals surface area (Å²) < 4.78 is 22.3. The molecule has 17 heavy (non-hydrogen) atoms. The molecule has 1 atom stereocenters. The van der Waals surface area contributed by atoms with Crippen LogP contribution in [-0.2, 0) is 10.0 Å². The van der Waals surface area contributed by atoms with Crippen LogP contribution in [0.15, 0.2) is 23.1 Å². The number of sulfonamides is 1. The lowest BCUT2D eigenvalue weighted by Gasteiger charge is -2.11. The van der Waals surface area contributed by atoms with Crippen LogP contribution in [0.25, 0.3) is 0 Å². The molecule has 0 spiro atoms. The van der Waals surface area contributed by atoms with Crippen LogP contribution in [0.3, 0.4) is 0 Å². The minimum Gasteiger partial charge on any atom is -0.399 e. The highest BCUT2D eigenvalue weighted by Crippen LogP contribution is 2.19. The summed E-state index contributed by atoms with van der Waals surface area (Å²) in [6.07, 6.45) is -0.936. The number of hydrogen-bond acceptors (Lipinski definition) is 6. The molecule has 8 heteroatoms. The van der Waals surface area contributed by atoms with Gasteiger partial charge >= 0.3 is 0 Å². The monoisotopic (exact) mass is 261 g/mol. The van der Waals surface area contributed by atoms with Crippen molar-refractivity contribution in [2.45, 2.75) is 11.0 Å². The third-order valence-corrected chi connectivity index (χ3v) is 2.90. The second kappa shape index (κ2) is 5.32. The van der Waals surface area contributed by atoms with Gasteiger partial charge in [-0.2, -0.15) is 0 Å². The maximum Gasteiger partial charge on any atom is 0.238 e. The highest BCUT2D eigenvalue weighted by Gasteiger charge is 2.10. The average Bonchev–Trinajstić information content (AvgIpc) is 2.24. The first-order chi connectivity index (χ1) is 7.82. The molecule has 0 heterocycles. The van der Waals surface area contributed by atoms with E-state index in [-0.39, 0.29) is 17.1 Å². The quantitative estimate of drug-likeness (QED) is 0.417. The Labute approximate surface area is 99.1 Å². The van der Waals surface area contributed by atoms with Crippen LogP contribution in [0.4, 0.5) is 11.4 Å². The summed E-state index contributed by atoms with van der Waals surface area (Å²) >= 11 is 0. The predicted molar refractivity (Wildman–Crippen MR) is 63.8 cm³/mol. The summed E-state index contributed by atoms with van der Waals surface area (Å²) in [5.41, 5.74) is 6.16. The van der Waals surface area contributed by atoms with Crippen molar-refractivity contribution >= 4 is 21.4 Å². The molecule has 1 aromatic carbocycles. The van der Waals surface area contributed by atoms with E-state index in [1.807, 2.05) is 0 Å². The summed E-state index contributed by atoms with van der Waals surface area (Å²) in [5, 5.41) is 25.5. The summed E-state index contributed by atoms with van der Waals surface area (Å²) in [5.74, 6) is 0. The van der Waals surface area contributed by atoms with Crippen molar-refractivity contribution in [3.63, 3.8) is 0 Å². The van der Waals surface area contributed by atoms with E-state index in [1.54, 1.807) is 0 Å². The summed E-state index contributed by atoms with van der Waals surface area (Å²) in [6.45, 7) is -0.318. The number of nitrogens with one attached hydrogen (secondary N) is 1. The molecule has 0 bridgehead atoms. The smallest absolute Gasteiger partial charge is 0.238 e. The fraction of sp³-hybridized carbons (Fsp3) is 0.333. The van der Waals surface area contributed by atoms with Crippen molar-refractivity contribution in [2.75, 3.05) is 24.2 Å². The molecule has 96 valence electrons. The summed E-state index contributed by atoms with van der Waals surface area (Å²) in [4.78, 5) is -0.113. The molecule has 0 saturated carbocycles. The lowest BCUT2D eigenvalue weighted by Crippen LogP contribution is -2.23. The van der Waals surface area contributed by atoms with Gasteiger partial charge in [0.1, 0.15) is 0 Å². The third kappa shape index (κ3) is 4.19. The van der Waals surface area contributed by atoms with Gasteiger partial charge in [-0.15, -0.1) is 0 Å². The van der Waals surface area contributed by atoms with Gasteiger partial charge in [0.25, 0.3) is 0 Å². The van der Waals surface area contributed by atoms with Crippen molar-refractivity contribution in [1.82, 2.24) is 0 Å². The minimum atomic E-state index is -3.82. The fourth-order valence-electron chi connectivity index (χ4n) is 1.19. The first kappa shape index (κ1) is 13.7. The molecule has 1 rings (SSSR count). The molecule has 0 saturated heterocycles. The summed E-state index contributed by atoms with van der Waals surface area (Å²) in [7, 11) is -3.82. The van der Waals surface area contributed by atoms with Gasteiger partial charge in [0.15, 0.2) is 0 Å². The second-order valence-corrected chi connectivity index (χ2v) is 5.11. The van der Waals surface area contributed by atoms with Crippen molar-refractivity contribution in [3.05, 3.63) is 18.2 Å². The number of nitrogens with two attached hydrogens (primary N) is 2. The Morgan fingerprint density at radius 3 is 2.53 bits per heavy atom. The van der Waals surface area contributed by atoms with Gasteiger partial charge in [-0.1, -0.05) is 0 Å². The van der Waals surface area contributed by atoms with Crippen molar-refractivity contribution in [2.24, 2.45) is 5.14 Å². The van der Waals surface area contributed by atoms with Crippen LogP contribution >= 0.6 is 0 Å². The van der Waals surface area contributed by atoms with Crippen LogP contribution in [0.1, 0.15) is 0 Å². The Hall–Kier alpha value is -1.35. The molecule has 7 nitrogen and oxygen atoms in total. The van der Waals surface area contributed by atoms with Gasteiger partial charge in [0.05, 0.1) is 17.6 Å². The molecular formula is C9H15N3O4S. The largest absolute Gasteiger partial charge is 0.399 e. The zero-order valence-corrected chi connectivity index (χ0v) is 9.81. The number of hydrogen-bond donors (Lipinski definition) is 5. The van der Waals surface area contributed by atoms with E-state index < -0.39 is 22.7 Å². The number of anilines is 2. The molecule has 1 aromatic rings. The zero-order chi connectivity index (χ0) is 13.1. The average molecular weight is 261 g/mol. The topological polar surface area (TPSA) is 139 Å². The number of aliphatic hydroxyl groups is 2. The Balaban J connectivity index is 2.91. The van der Waals surface area contributed by atoms with Crippen LogP contribution in [0, 0.1) is 0 Å². The van der Waals surface area contributed by atoms with Gasteiger partial charge in [-0.3, -0.25) is 0 Å². The number of nitrogen functional groups attached to an aromatic ring is 1. The van der Waals surface area contributed by atoms with Crippen LogP contribution in [-0.4, -0.2) is 37.9 Å². The standard InChI is InChI=1S/C9H15N3O4S/c10-6-1-7(12-4-8(14)5-13)3-9(2-6)17(11,15)16/h1-3,8,12-14H,4-5,10H2,(H2,11,15,16). The van der Waals surface area contributed by atoms with E-state index in [2.05, 4.69) is 5.32 Å². The van der Waals surface area contributed by atoms with Gasteiger partial charge in [-0.25, -0.2) is 13.6 Å². The molecule has 0 radical (unpaired) electrons. The van der Waals surface area contributed by atoms with Crippen molar-refractivity contribution in [3.8, 4) is 0 Å². The van der Waals surface area contributed by atoms with Crippen molar-refractivity contribution < 1.29 is 18.6 Å². The molecule has 1 unspecified atom stereocenters. The minimum absolute atomic E-state index is 0.0734. The second-order valence-electron chi connectivity index (χ2n) is 3.55. The van der Waals surface area contributed by atoms with Gasteiger partial charge < -0.3 is 21.3 Å². The van der Waals surface area contributed by atoms with E-state index >= 15 is 0 Å². The number of primary sulfonamides is 1. The maximum atomic E-state index is 11.1. The molecule has 0 amide bonds. The first-order valence-corrected chi connectivity index (χ1v) is 6.33. The Kier molecular flexibility index (Phi) is 4.29.